The van der Waals surface area contributed by atoms with E-state index in [-0.39, 0.29) is 12.4 Å². The van der Waals surface area contributed by atoms with Gasteiger partial charge in [-0.2, -0.15) is 0 Å². The molecule has 0 bridgehead atoms. The SMILES string of the molecule is COc1cccc2cc(-c3cc(=O)oc4cc(C)c(OC(=O)Cc5ccccc5)cc34)oc12. The quantitative estimate of drug-likeness (QED) is 0.199. The number of furan rings is 1. The highest BCUT2D eigenvalue weighted by Crippen LogP contribution is 2.37. The van der Waals surface area contributed by atoms with Gasteiger partial charge in [0.1, 0.15) is 17.1 Å². The van der Waals surface area contributed by atoms with Gasteiger partial charge in [-0.15, -0.1) is 0 Å². The Morgan fingerprint density at radius 2 is 1.73 bits per heavy atom. The highest BCUT2D eigenvalue weighted by molar-refractivity contribution is 5.97. The lowest BCUT2D eigenvalue weighted by molar-refractivity contribution is -0.133. The minimum atomic E-state index is -0.502. The summed E-state index contributed by atoms with van der Waals surface area (Å²) in [5.41, 5.74) is 2.54. The van der Waals surface area contributed by atoms with Crippen LogP contribution in [0.3, 0.4) is 0 Å². The summed E-state index contributed by atoms with van der Waals surface area (Å²) in [4.78, 5) is 24.8. The fourth-order valence-electron chi connectivity index (χ4n) is 3.85. The van der Waals surface area contributed by atoms with Crippen LogP contribution in [0.1, 0.15) is 11.1 Å². The standard InChI is InChI=1S/C27H20O6/c1-16-11-23-19(14-22(16)31-25(28)12-17-7-4-3-5-8-17)20(15-26(29)32-23)24-13-18-9-6-10-21(30-2)27(18)33-24/h3-11,13-15H,12H2,1-2H3. The molecule has 0 saturated carbocycles. The molecule has 2 heterocycles. The van der Waals surface area contributed by atoms with Gasteiger partial charge in [0.2, 0.25) is 0 Å². The van der Waals surface area contributed by atoms with Crippen LogP contribution in [0.25, 0.3) is 33.3 Å². The van der Waals surface area contributed by atoms with Crippen LogP contribution in [0.4, 0.5) is 0 Å². The number of methoxy groups -OCH3 is 1. The number of para-hydroxylation sites is 1. The van der Waals surface area contributed by atoms with Gasteiger partial charge in [-0.3, -0.25) is 4.79 Å². The largest absolute Gasteiger partial charge is 0.493 e. The number of aryl methyl sites for hydroxylation is 1. The minimum Gasteiger partial charge on any atom is -0.493 e. The smallest absolute Gasteiger partial charge is 0.336 e. The van der Waals surface area contributed by atoms with Crippen molar-refractivity contribution < 1.29 is 23.1 Å². The van der Waals surface area contributed by atoms with E-state index in [0.717, 1.165) is 10.9 Å². The van der Waals surface area contributed by atoms with Crippen molar-refractivity contribution in [3.8, 4) is 22.8 Å². The summed E-state index contributed by atoms with van der Waals surface area (Å²) in [5, 5.41) is 1.44. The summed E-state index contributed by atoms with van der Waals surface area (Å²) in [6.45, 7) is 1.79. The molecule has 6 nitrogen and oxygen atoms in total. The fourth-order valence-corrected chi connectivity index (χ4v) is 3.85. The van der Waals surface area contributed by atoms with Crippen molar-refractivity contribution >= 4 is 27.9 Å². The first-order valence-electron chi connectivity index (χ1n) is 10.4. The molecule has 33 heavy (non-hydrogen) atoms. The van der Waals surface area contributed by atoms with Crippen LogP contribution in [0, 0.1) is 6.92 Å². The Morgan fingerprint density at radius 3 is 2.52 bits per heavy atom. The number of benzene rings is 3. The van der Waals surface area contributed by atoms with E-state index in [1.54, 1.807) is 32.2 Å². The Labute approximate surface area is 189 Å². The second-order valence-corrected chi connectivity index (χ2v) is 7.72. The van der Waals surface area contributed by atoms with Crippen LogP contribution < -0.4 is 15.1 Å². The Kier molecular flexibility index (Phi) is 5.18. The third-order valence-electron chi connectivity index (χ3n) is 5.45. The van der Waals surface area contributed by atoms with Crippen molar-refractivity contribution in [2.75, 3.05) is 7.11 Å². The number of hydrogen-bond acceptors (Lipinski definition) is 6. The van der Waals surface area contributed by atoms with Crippen LogP contribution in [0.15, 0.2) is 86.4 Å². The van der Waals surface area contributed by atoms with Gasteiger partial charge >= 0.3 is 11.6 Å². The second-order valence-electron chi connectivity index (χ2n) is 7.72. The maximum absolute atomic E-state index is 12.5. The maximum atomic E-state index is 12.5. The Morgan fingerprint density at radius 1 is 0.909 bits per heavy atom. The van der Waals surface area contributed by atoms with E-state index in [4.69, 9.17) is 18.3 Å². The van der Waals surface area contributed by atoms with Crippen molar-refractivity contribution in [1.82, 2.24) is 0 Å². The van der Waals surface area contributed by atoms with Gasteiger partial charge in [0.25, 0.3) is 0 Å². The van der Waals surface area contributed by atoms with E-state index in [9.17, 15) is 9.59 Å². The van der Waals surface area contributed by atoms with Crippen molar-refractivity contribution in [1.29, 1.82) is 0 Å². The normalized spacial score (nSPS) is 11.1. The predicted molar refractivity (Wildman–Crippen MR) is 125 cm³/mol. The second kappa shape index (κ2) is 8.31. The lowest BCUT2D eigenvalue weighted by Gasteiger charge is -2.10. The van der Waals surface area contributed by atoms with Crippen LogP contribution in [0.2, 0.25) is 0 Å². The van der Waals surface area contributed by atoms with Crippen molar-refractivity contribution in [3.05, 3.63) is 94.3 Å². The number of rotatable bonds is 5. The van der Waals surface area contributed by atoms with Gasteiger partial charge in [-0.25, -0.2) is 4.79 Å². The third-order valence-corrected chi connectivity index (χ3v) is 5.45. The summed E-state index contributed by atoms with van der Waals surface area (Å²) in [5.74, 6) is 1.10. The van der Waals surface area contributed by atoms with Gasteiger partial charge in [-0.05, 0) is 42.3 Å². The lowest BCUT2D eigenvalue weighted by atomic mass is 10.0. The third kappa shape index (κ3) is 3.99. The summed E-state index contributed by atoms with van der Waals surface area (Å²) < 4.78 is 22.5. The molecule has 5 rings (SSSR count). The molecule has 0 aliphatic rings. The lowest BCUT2D eigenvalue weighted by Crippen LogP contribution is -2.12. The maximum Gasteiger partial charge on any atom is 0.336 e. The Balaban J connectivity index is 1.58. The molecule has 0 fully saturated rings. The number of carbonyl (C=O) groups is 1. The fraction of sp³-hybridized carbons (Fsp3) is 0.111. The summed E-state index contributed by atoms with van der Waals surface area (Å²) in [6, 6.07) is 21.6. The van der Waals surface area contributed by atoms with Crippen LogP contribution >= 0.6 is 0 Å². The van der Waals surface area contributed by atoms with Crippen molar-refractivity contribution in [3.63, 3.8) is 0 Å². The van der Waals surface area contributed by atoms with Crippen LogP contribution in [-0.4, -0.2) is 13.1 Å². The number of carbonyl (C=O) groups excluding carboxylic acids is 1. The average molecular weight is 440 g/mol. The topological polar surface area (TPSA) is 78.9 Å². The molecule has 0 atom stereocenters. The number of hydrogen-bond donors (Lipinski definition) is 0. The minimum absolute atomic E-state index is 0.151. The molecule has 164 valence electrons. The van der Waals surface area contributed by atoms with Gasteiger partial charge in [0.15, 0.2) is 11.3 Å². The van der Waals surface area contributed by atoms with Gasteiger partial charge in [0, 0.05) is 22.4 Å². The van der Waals surface area contributed by atoms with Gasteiger partial charge in [-0.1, -0.05) is 42.5 Å². The molecule has 0 saturated heterocycles. The zero-order valence-electron chi connectivity index (χ0n) is 18.1. The van der Waals surface area contributed by atoms with Crippen molar-refractivity contribution in [2.24, 2.45) is 0 Å². The van der Waals surface area contributed by atoms with Crippen LogP contribution in [-0.2, 0) is 11.2 Å². The number of fused-ring (bicyclic) bond motifs is 2. The predicted octanol–water partition coefficient (Wildman–Crippen LogP) is 5.67. The Bertz CT molecular complexity index is 1540. The van der Waals surface area contributed by atoms with Gasteiger partial charge < -0.3 is 18.3 Å². The summed E-state index contributed by atoms with van der Waals surface area (Å²) >= 11 is 0. The first-order valence-corrected chi connectivity index (χ1v) is 10.4. The summed E-state index contributed by atoms with van der Waals surface area (Å²) in [7, 11) is 1.57. The Hall–Kier alpha value is -4.32. The zero-order valence-corrected chi connectivity index (χ0v) is 18.1. The molecule has 5 aromatic rings. The number of esters is 1. The molecule has 6 heteroatoms. The molecule has 3 aromatic carbocycles. The van der Waals surface area contributed by atoms with E-state index in [1.807, 2.05) is 48.5 Å². The van der Waals surface area contributed by atoms with Gasteiger partial charge in [0.05, 0.1) is 13.5 Å². The first kappa shape index (κ1) is 20.6. The average Bonchev–Trinajstić information content (AvgIpc) is 3.24. The molecular formula is C27H20O6. The molecular weight excluding hydrogens is 420 g/mol. The molecule has 0 aliphatic carbocycles. The molecule has 0 N–H and O–H groups in total. The monoisotopic (exact) mass is 440 g/mol. The highest BCUT2D eigenvalue weighted by atomic mass is 16.5. The summed E-state index contributed by atoms with van der Waals surface area (Å²) in [6.07, 6.45) is 0.151. The molecule has 0 spiro atoms. The molecule has 0 aliphatic heterocycles. The number of ether oxygens (including phenoxy) is 2. The molecule has 0 radical (unpaired) electrons. The van der Waals surface area contributed by atoms with E-state index in [2.05, 4.69) is 0 Å². The van der Waals surface area contributed by atoms with E-state index in [1.165, 1.54) is 6.07 Å². The zero-order chi connectivity index (χ0) is 22.9. The molecule has 0 unspecified atom stereocenters. The van der Waals surface area contributed by atoms with E-state index >= 15 is 0 Å². The van der Waals surface area contributed by atoms with E-state index in [0.29, 0.717) is 44.9 Å². The molecule has 0 amide bonds. The van der Waals surface area contributed by atoms with E-state index < -0.39 is 5.63 Å². The first-order chi connectivity index (χ1) is 16.0. The molecule has 2 aromatic heterocycles. The van der Waals surface area contributed by atoms with Crippen LogP contribution in [0.5, 0.6) is 11.5 Å². The van der Waals surface area contributed by atoms with Crippen molar-refractivity contribution in [2.45, 2.75) is 13.3 Å². The highest BCUT2D eigenvalue weighted by Gasteiger charge is 2.17.